The van der Waals surface area contributed by atoms with Crippen LogP contribution in [0.3, 0.4) is 0 Å². The fraction of sp³-hybridized carbons (Fsp3) is 0.450. The molecule has 1 aliphatic heterocycles. The average Bonchev–Trinajstić information content (AvgIpc) is 3.07. The minimum Gasteiger partial charge on any atom is -0.406 e. The van der Waals surface area contributed by atoms with Gasteiger partial charge in [-0.2, -0.15) is 8.78 Å². The van der Waals surface area contributed by atoms with Crippen molar-refractivity contribution in [2.75, 3.05) is 6.54 Å². The molecule has 0 amide bonds. The van der Waals surface area contributed by atoms with Crippen molar-refractivity contribution in [3.05, 3.63) is 36.4 Å². The van der Waals surface area contributed by atoms with E-state index in [1.807, 2.05) is 20.8 Å². The van der Waals surface area contributed by atoms with Crippen molar-refractivity contribution in [3.63, 3.8) is 0 Å². The number of fused-ring (bicyclic) bond motifs is 1. The number of benzene rings is 1. The number of aromatic nitrogens is 4. The van der Waals surface area contributed by atoms with E-state index >= 15 is 0 Å². The van der Waals surface area contributed by atoms with Crippen LogP contribution in [0.2, 0.25) is 1.41 Å². The van der Waals surface area contributed by atoms with Gasteiger partial charge in [0.2, 0.25) is 0 Å². The number of alkyl halides is 5. The van der Waals surface area contributed by atoms with Gasteiger partial charge >= 0.3 is 12.9 Å². The topological polar surface area (TPSA) is 64.9 Å². The van der Waals surface area contributed by atoms with Gasteiger partial charge < -0.3 is 10.0 Å². The zero-order valence-corrected chi connectivity index (χ0v) is 16.9. The average molecular weight is 442 g/mol. The Labute approximate surface area is 175 Å². The molecule has 0 aliphatic carbocycles. The lowest BCUT2D eigenvalue weighted by molar-refractivity contribution is -0.274. The van der Waals surface area contributed by atoms with E-state index in [0.29, 0.717) is 16.7 Å². The summed E-state index contributed by atoms with van der Waals surface area (Å²) < 4.78 is 77.0. The number of nitrogens with one attached hydrogen (secondary N) is 1. The summed E-state index contributed by atoms with van der Waals surface area (Å²) in [5.74, 6) is -0.403. The molecule has 1 aromatic carbocycles. The Bertz CT molecular complexity index is 1130. The molecule has 1 fully saturated rings. The molecule has 2 atom stereocenters. The Morgan fingerprint density at radius 3 is 2.39 bits per heavy atom. The highest BCUT2D eigenvalue weighted by atomic mass is 19.4. The second-order valence-corrected chi connectivity index (χ2v) is 8.39. The third-order valence-electron chi connectivity index (χ3n) is 5.11. The number of imidazole rings is 1. The first-order valence-corrected chi connectivity index (χ1v) is 9.49. The van der Waals surface area contributed by atoms with Gasteiger partial charge in [-0.1, -0.05) is 20.8 Å². The Morgan fingerprint density at radius 1 is 1.16 bits per heavy atom. The summed E-state index contributed by atoms with van der Waals surface area (Å²) in [5, 5.41) is 1.41. The number of hydrogen-bond acceptors (Lipinski definition) is 5. The van der Waals surface area contributed by atoms with Crippen LogP contribution in [0.15, 0.2) is 30.6 Å². The van der Waals surface area contributed by atoms with Gasteiger partial charge in [-0.3, -0.25) is 4.57 Å². The predicted molar refractivity (Wildman–Crippen MR) is 103 cm³/mol. The van der Waals surface area contributed by atoms with Gasteiger partial charge in [-0.15, -0.1) is 13.2 Å². The molecule has 0 saturated carbocycles. The standard InChI is InChI=1S/C20H20F5N5O/c1-19(2,3)15-12(8-26-15)16-28-13(14-17(29-16)30(9-27-14)18(21)22)10-4-6-11(7-5-10)31-20(23,24)25/h4-7,9,12,15,18,26H,8H2,1-3H3/i/hD. The lowest BCUT2D eigenvalue weighted by Gasteiger charge is -2.45. The summed E-state index contributed by atoms with van der Waals surface area (Å²) in [6, 6.07) is 4.71. The summed E-state index contributed by atoms with van der Waals surface area (Å²) in [5.41, 5.74) is 0.337. The van der Waals surface area contributed by atoms with Gasteiger partial charge in [0, 0.05) is 24.1 Å². The maximum Gasteiger partial charge on any atom is 0.573 e. The van der Waals surface area contributed by atoms with Crippen molar-refractivity contribution >= 4 is 11.2 Å². The molecule has 0 bridgehead atoms. The zero-order valence-electron chi connectivity index (χ0n) is 17.9. The molecule has 1 saturated heterocycles. The third kappa shape index (κ3) is 4.18. The van der Waals surface area contributed by atoms with Crippen molar-refractivity contribution in [1.82, 2.24) is 24.8 Å². The Kier molecular flexibility index (Phi) is 4.80. The van der Waals surface area contributed by atoms with E-state index in [0.717, 1.165) is 18.5 Å². The first-order valence-electron chi connectivity index (χ1n) is 9.94. The van der Waals surface area contributed by atoms with E-state index < -0.39 is 18.7 Å². The van der Waals surface area contributed by atoms with Crippen LogP contribution in [0.25, 0.3) is 22.4 Å². The smallest absolute Gasteiger partial charge is 0.406 e. The lowest BCUT2D eigenvalue weighted by atomic mass is 9.73. The molecular weight excluding hydrogens is 421 g/mol. The molecule has 4 rings (SSSR count). The molecule has 1 N–H and O–H groups in total. The molecule has 0 spiro atoms. The van der Waals surface area contributed by atoms with Gasteiger partial charge in [-0.25, -0.2) is 15.0 Å². The van der Waals surface area contributed by atoms with Crippen LogP contribution in [0.5, 0.6) is 5.75 Å². The van der Waals surface area contributed by atoms with Crippen LogP contribution in [-0.4, -0.2) is 38.5 Å². The van der Waals surface area contributed by atoms with Crippen molar-refractivity contribution in [2.45, 2.75) is 45.6 Å². The van der Waals surface area contributed by atoms with Gasteiger partial charge in [0.1, 0.15) is 30.5 Å². The third-order valence-corrected chi connectivity index (χ3v) is 5.11. The fourth-order valence-corrected chi connectivity index (χ4v) is 3.67. The van der Waals surface area contributed by atoms with Crippen LogP contribution < -0.4 is 10.0 Å². The maximum atomic E-state index is 13.5. The Morgan fingerprint density at radius 2 is 1.84 bits per heavy atom. The van der Waals surface area contributed by atoms with Crippen LogP contribution >= 0.6 is 0 Å². The molecule has 3 aromatic rings. The molecule has 2 unspecified atom stereocenters. The number of rotatable bonds is 4. The predicted octanol–water partition coefficient (Wildman–Crippen LogP) is 4.89. The number of halogens is 5. The molecule has 0 radical (unpaired) electrons. The van der Waals surface area contributed by atoms with E-state index in [1.165, 1.54) is 17.4 Å². The highest BCUT2D eigenvalue weighted by Crippen LogP contribution is 2.38. The van der Waals surface area contributed by atoms with Crippen molar-refractivity contribution in [3.8, 4) is 17.0 Å². The van der Waals surface area contributed by atoms with E-state index in [1.54, 1.807) is 0 Å². The molecular formula is C20H20F5N5O. The Balaban J connectivity index is 1.82. The van der Waals surface area contributed by atoms with Gasteiger partial charge in [0.15, 0.2) is 5.65 Å². The van der Waals surface area contributed by atoms with Crippen molar-refractivity contribution in [1.29, 1.82) is 0 Å². The summed E-state index contributed by atoms with van der Waals surface area (Å²) in [7, 11) is 0. The second-order valence-electron chi connectivity index (χ2n) is 8.39. The van der Waals surface area contributed by atoms with Crippen LogP contribution in [-0.2, 0) is 0 Å². The number of hydrogen-bond donors (Lipinski definition) is 1. The van der Waals surface area contributed by atoms with Crippen LogP contribution in [0.4, 0.5) is 22.0 Å². The van der Waals surface area contributed by atoms with Gasteiger partial charge in [0.25, 0.3) is 0 Å². The van der Waals surface area contributed by atoms with E-state index in [-0.39, 0.29) is 40.1 Å². The van der Waals surface area contributed by atoms with E-state index in [4.69, 9.17) is 1.41 Å². The fourth-order valence-electron chi connectivity index (χ4n) is 3.67. The first kappa shape index (κ1) is 20.1. The molecule has 1 aliphatic rings. The monoisotopic (exact) mass is 442 g/mol. The molecule has 31 heavy (non-hydrogen) atoms. The molecule has 3 heterocycles. The quantitative estimate of drug-likeness (QED) is 0.583. The van der Waals surface area contributed by atoms with Crippen molar-refractivity contribution < 1.29 is 28.1 Å². The minimum absolute atomic E-state index is 0.0771. The van der Waals surface area contributed by atoms with Crippen molar-refractivity contribution in [2.24, 2.45) is 5.41 Å². The largest absolute Gasteiger partial charge is 0.573 e. The van der Waals surface area contributed by atoms with Crippen LogP contribution in [0.1, 0.15) is 39.1 Å². The summed E-state index contributed by atoms with van der Waals surface area (Å²) in [4.78, 5) is 12.9. The first-order chi connectivity index (χ1) is 14.8. The summed E-state index contributed by atoms with van der Waals surface area (Å²) >= 11 is 0. The second kappa shape index (κ2) is 7.40. The maximum absolute atomic E-state index is 13.5. The van der Waals surface area contributed by atoms with E-state index in [9.17, 15) is 22.0 Å². The number of nitrogens with zero attached hydrogens (tertiary/aromatic N) is 4. The Hall–Kier alpha value is -2.82. The van der Waals surface area contributed by atoms with Gasteiger partial charge in [0.05, 0.1) is 0 Å². The SMILES string of the molecule is [2H]N1CC(c2nc(-c3ccc(OC(F)(F)F)cc3)c3ncn(C(F)F)c3n2)C1C(C)(C)C. The highest BCUT2D eigenvalue weighted by molar-refractivity contribution is 5.87. The van der Waals surface area contributed by atoms with Crippen LogP contribution in [0, 0.1) is 5.41 Å². The summed E-state index contributed by atoms with van der Waals surface area (Å²) in [6.07, 6.45) is -3.88. The summed E-state index contributed by atoms with van der Waals surface area (Å²) in [6.45, 7) is 3.34. The highest BCUT2D eigenvalue weighted by Gasteiger charge is 2.42. The lowest BCUT2D eigenvalue weighted by Crippen LogP contribution is -2.58. The van der Waals surface area contributed by atoms with E-state index in [2.05, 4.69) is 19.7 Å². The minimum atomic E-state index is -4.83. The number of ether oxygens (including phenoxy) is 1. The molecule has 2 aromatic heterocycles. The van der Waals surface area contributed by atoms with Gasteiger partial charge in [-0.05, 0) is 29.7 Å². The molecule has 6 nitrogen and oxygen atoms in total. The molecule has 166 valence electrons. The molecule has 11 heteroatoms. The zero-order chi connectivity index (χ0) is 23.4. The normalized spacial score (nSPS) is 20.7.